The highest BCUT2D eigenvalue weighted by Crippen LogP contribution is 2.29. The molecule has 0 aliphatic carbocycles. The summed E-state index contributed by atoms with van der Waals surface area (Å²) in [5.41, 5.74) is 0.0368. The Morgan fingerprint density at radius 3 is 2.83 bits per heavy atom. The molecule has 10 heteroatoms. The summed E-state index contributed by atoms with van der Waals surface area (Å²) >= 11 is 0. The number of rotatable bonds is 7. The summed E-state index contributed by atoms with van der Waals surface area (Å²) in [5, 5.41) is 6.83. The maximum Gasteiger partial charge on any atom is 0.416 e. The first-order chi connectivity index (χ1) is 14.3. The highest BCUT2D eigenvalue weighted by molar-refractivity contribution is 5.80. The van der Waals surface area contributed by atoms with Gasteiger partial charge in [0.25, 0.3) is 5.56 Å². The van der Waals surface area contributed by atoms with Gasteiger partial charge in [-0.25, -0.2) is 4.68 Å². The number of ether oxygens (including phenoxy) is 1. The highest BCUT2D eigenvalue weighted by atomic mass is 19.4. The Balaban J connectivity index is 1.56. The van der Waals surface area contributed by atoms with Crippen molar-refractivity contribution in [2.24, 2.45) is 5.92 Å². The van der Waals surface area contributed by atoms with E-state index in [1.54, 1.807) is 19.4 Å². The van der Waals surface area contributed by atoms with Gasteiger partial charge in [-0.15, -0.1) is 0 Å². The van der Waals surface area contributed by atoms with Crippen LogP contribution >= 0.6 is 0 Å². The van der Waals surface area contributed by atoms with E-state index >= 15 is 0 Å². The van der Waals surface area contributed by atoms with Crippen LogP contribution in [0.1, 0.15) is 17.5 Å². The SMILES string of the molecule is COCCn1ncc(N2CCC(C(=O)NCc3cccc(C(F)(F)F)c3)C2)cc1=O. The quantitative estimate of drug-likeness (QED) is 0.736. The molecule has 2 heterocycles. The van der Waals surface area contributed by atoms with Crippen LogP contribution in [0.15, 0.2) is 41.3 Å². The molecule has 0 spiro atoms. The van der Waals surface area contributed by atoms with Crippen molar-refractivity contribution in [2.45, 2.75) is 25.7 Å². The van der Waals surface area contributed by atoms with Crippen LogP contribution in [0.25, 0.3) is 0 Å². The number of nitrogens with zero attached hydrogens (tertiary/aromatic N) is 3. The molecule has 1 unspecified atom stereocenters. The van der Waals surface area contributed by atoms with Gasteiger partial charge in [0.15, 0.2) is 0 Å². The lowest BCUT2D eigenvalue weighted by Crippen LogP contribution is -2.33. The van der Waals surface area contributed by atoms with E-state index < -0.39 is 11.7 Å². The second-order valence-corrected chi connectivity index (χ2v) is 7.12. The lowest BCUT2D eigenvalue weighted by molar-refractivity contribution is -0.137. The normalized spacial score (nSPS) is 16.7. The first-order valence-electron chi connectivity index (χ1n) is 9.53. The van der Waals surface area contributed by atoms with E-state index in [-0.39, 0.29) is 23.9 Å². The van der Waals surface area contributed by atoms with Crippen LogP contribution in [0, 0.1) is 5.92 Å². The Bertz CT molecular complexity index is 945. The number of alkyl halides is 3. The number of methoxy groups -OCH3 is 1. The monoisotopic (exact) mass is 424 g/mol. The van der Waals surface area contributed by atoms with Crippen LogP contribution in [-0.2, 0) is 28.8 Å². The minimum atomic E-state index is -4.42. The average Bonchev–Trinajstić information content (AvgIpc) is 3.21. The van der Waals surface area contributed by atoms with Gasteiger partial charge in [-0.05, 0) is 24.1 Å². The number of carbonyl (C=O) groups is 1. The van der Waals surface area contributed by atoms with E-state index in [9.17, 15) is 22.8 Å². The Kier molecular flexibility index (Phi) is 6.76. The molecule has 1 amide bonds. The van der Waals surface area contributed by atoms with Gasteiger partial charge in [-0.1, -0.05) is 12.1 Å². The second kappa shape index (κ2) is 9.29. The number of hydrogen-bond donors (Lipinski definition) is 1. The van der Waals surface area contributed by atoms with Crippen molar-refractivity contribution in [1.29, 1.82) is 0 Å². The van der Waals surface area contributed by atoms with Crippen LogP contribution in [0.4, 0.5) is 18.9 Å². The molecule has 1 aromatic carbocycles. The van der Waals surface area contributed by atoms with Gasteiger partial charge in [0, 0.05) is 32.8 Å². The molecule has 1 N–H and O–H groups in total. The van der Waals surface area contributed by atoms with Crippen molar-refractivity contribution >= 4 is 11.6 Å². The molecule has 1 aliphatic rings. The van der Waals surface area contributed by atoms with E-state index in [4.69, 9.17) is 4.74 Å². The Hall–Kier alpha value is -2.88. The molecule has 2 aromatic rings. The molecule has 162 valence electrons. The third kappa shape index (κ3) is 5.38. The van der Waals surface area contributed by atoms with Crippen LogP contribution in [-0.4, -0.2) is 42.5 Å². The topological polar surface area (TPSA) is 76.5 Å². The van der Waals surface area contributed by atoms with Gasteiger partial charge in [0.1, 0.15) is 0 Å². The van der Waals surface area contributed by atoms with Crippen molar-refractivity contribution in [3.05, 3.63) is 58.0 Å². The number of amides is 1. The number of benzene rings is 1. The van der Waals surface area contributed by atoms with Crippen LogP contribution in [0.2, 0.25) is 0 Å². The summed E-state index contributed by atoms with van der Waals surface area (Å²) in [5.74, 6) is -0.539. The van der Waals surface area contributed by atoms with Crippen molar-refractivity contribution < 1.29 is 22.7 Å². The third-order valence-corrected chi connectivity index (χ3v) is 5.01. The molecule has 0 saturated carbocycles. The number of aromatic nitrogens is 2. The van der Waals surface area contributed by atoms with Gasteiger partial charge >= 0.3 is 6.18 Å². The van der Waals surface area contributed by atoms with E-state index in [0.717, 1.165) is 12.1 Å². The van der Waals surface area contributed by atoms with Crippen molar-refractivity contribution in [1.82, 2.24) is 15.1 Å². The molecule has 1 aliphatic heterocycles. The van der Waals surface area contributed by atoms with Gasteiger partial charge in [0.05, 0.1) is 36.5 Å². The Morgan fingerprint density at radius 2 is 2.13 bits per heavy atom. The van der Waals surface area contributed by atoms with Gasteiger partial charge < -0.3 is 15.0 Å². The van der Waals surface area contributed by atoms with Gasteiger partial charge in [0.2, 0.25) is 5.91 Å². The molecule has 30 heavy (non-hydrogen) atoms. The number of halogens is 3. The summed E-state index contributed by atoms with van der Waals surface area (Å²) in [6.07, 6.45) is -2.25. The van der Waals surface area contributed by atoms with E-state index in [1.165, 1.54) is 16.8 Å². The maximum atomic E-state index is 12.8. The van der Waals surface area contributed by atoms with E-state index in [0.29, 0.717) is 43.9 Å². The predicted octanol–water partition coefficient (Wildman–Crippen LogP) is 2.05. The summed E-state index contributed by atoms with van der Waals surface area (Å²) in [6, 6.07) is 6.37. The minimum absolute atomic E-state index is 0.0242. The van der Waals surface area contributed by atoms with E-state index in [2.05, 4.69) is 10.4 Å². The summed E-state index contributed by atoms with van der Waals surface area (Å²) in [7, 11) is 1.54. The minimum Gasteiger partial charge on any atom is -0.383 e. The lowest BCUT2D eigenvalue weighted by atomic mass is 10.1. The smallest absolute Gasteiger partial charge is 0.383 e. The first-order valence-corrected chi connectivity index (χ1v) is 9.53. The summed E-state index contributed by atoms with van der Waals surface area (Å²) < 4.78 is 44.7. The predicted molar refractivity (Wildman–Crippen MR) is 104 cm³/mol. The molecule has 1 fully saturated rings. The Morgan fingerprint density at radius 1 is 1.33 bits per heavy atom. The fourth-order valence-corrected chi connectivity index (χ4v) is 3.34. The fourth-order valence-electron chi connectivity index (χ4n) is 3.34. The van der Waals surface area contributed by atoms with Crippen LogP contribution < -0.4 is 15.8 Å². The maximum absolute atomic E-state index is 12.8. The van der Waals surface area contributed by atoms with Crippen molar-refractivity contribution in [3.63, 3.8) is 0 Å². The van der Waals surface area contributed by atoms with Gasteiger partial charge in [-0.3, -0.25) is 9.59 Å². The van der Waals surface area contributed by atoms with Crippen LogP contribution in [0.3, 0.4) is 0 Å². The molecular weight excluding hydrogens is 401 g/mol. The summed E-state index contributed by atoms with van der Waals surface area (Å²) in [4.78, 5) is 26.5. The fraction of sp³-hybridized carbons (Fsp3) is 0.450. The largest absolute Gasteiger partial charge is 0.416 e. The van der Waals surface area contributed by atoms with Gasteiger partial charge in [-0.2, -0.15) is 18.3 Å². The molecule has 7 nitrogen and oxygen atoms in total. The standard InChI is InChI=1S/C20H23F3N4O3/c1-30-8-7-27-18(28)10-17(12-25-27)26-6-5-15(13-26)19(29)24-11-14-3-2-4-16(9-14)20(21,22)23/h2-4,9-10,12,15H,5-8,11,13H2,1H3,(H,24,29). The highest BCUT2D eigenvalue weighted by Gasteiger charge is 2.31. The molecule has 1 aromatic heterocycles. The summed E-state index contributed by atoms with van der Waals surface area (Å²) in [6.45, 7) is 1.76. The zero-order valence-corrected chi connectivity index (χ0v) is 16.5. The van der Waals surface area contributed by atoms with E-state index in [1.807, 2.05) is 4.90 Å². The Labute approximate surface area is 171 Å². The zero-order valence-electron chi connectivity index (χ0n) is 16.5. The molecule has 0 bridgehead atoms. The van der Waals surface area contributed by atoms with Crippen LogP contribution in [0.5, 0.6) is 0 Å². The first kappa shape index (κ1) is 21.8. The molecule has 1 saturated heterocycles. The number of carbonyl (C=O) groups excluding carboxylic acids is 1. The number of anilines is 1. The molecular formula is C20H23F3N4O3. The van der Waals surface area contributed by atoms with Crippen molar-refractivity contribution in [2.75, 3.05) is 31.7 Å². The van der Waals surface area contributed by atoms with Crippen molar-refractivity contribution in [3.8, 4) is 0 Å². The molecule has 1 atom stereocenters. The second-order valence-electron chi connectivity index (χ2n) is 7.12. The average molecular weight is 424 g/mol. The number of nitrogens with one attached hydrogen (secondary N) is 1. The zero-order chi connectivity index (χ0) is 21.7. The third-order valence-electron chi connectivity index (χ3n) is 5.01. The number of hydrogen-bond acceptors (Lipinski definition) is 5. The molecule has 3 rings (SSSR count). The lowest BCUT2D eigenvalue weighted by Gasteiger charge is -2.18. The molecule has 0 radical (unpaired) electrons.